The summed E-state index contributed by atoms with van der Waals surface area (Å²) >= 11 is 1.38. The molecule has 0 saturated carbocycles. The number of imidazole rings is 1. The summed E-state index contributed by atoms with van der Waals surface area (Å²) in [6, 6.07) is 0. The van der Waals surface area contributed by atoms with Crippen molar-refractivity contribution in [1.82, 2.24) is 14.5 Å². The highest BCUT2D eigenvalue weighted by atomic mass is 32.1. The van der Waals surface area contributed by atoms with E-state index in [1.54, 1.807) is 11.6 Å². The molecule has 2 aromatic heterocycles. The van der Waals surface area contributed by atoms with Crippen LogP contribution in [0, 0.1) is 0 Å². The van der Waals surface area contributed by atoms with Crippen LogP contribution in [0.15, 0.2) is 17.8 Å². The Bertz CT molecular complexity index is 535. The average molecular weight is 266 g/mol. The lowest BCUT2D eigenvalue weighted by Crippen LogP contribution is -2.09. The quantitative estimate of drug-likeness (QED) is 0.827. The van der Waals surface area contributed by atoms with Crippen molar-refractivity contribution in [3.8, 4) is 0 Å². The van der Waals surface area contributed by atoms with Crippen LogP contribution < -0.4 is 5.32 Å². The van der Waals surface area contributed by atoms with E-state index in [2.05, 4.69) is 20.0 Å². The van der Waals surface area contributed by atoms with Gasteiger partial charge in [0.1, 0.15) is 5.82 Å². The summed E-state index contributed by atoms with van der Waals surface area (Å²) in [5.41, 5.74) is 0.335. The maximum absolute atomic E-state index is 11.2. The molecular formula is C11H14N4O2S. The summed E-state index contributed by atoms with van der Waals surface area (Å²) in [7, 11) is 3.30. The van der Waals surface area contributed by atoms with Crippen molar-refractivity contribution < 1.29 is 9.53 Å². The first-order valence-electron chi connectivity index (χ1n) is 5.44. The molecule has 0 atom stereocenters. The van der Waals surface area contributed by atoms with E-state index >= 15 is 0 Å². The zero-order valence-corrected chi connectivity index (χ0v) is 11.0. The van der Waals surface area contributed by atoms with Crippen molar-refractivity contribution in [3.63, 3.8) is 0 Å². The molecule has 2 rings (SSSR count). The van der Waals surface area contributed by atoms with E-state index in [0.29, 0.717) is 10.8 Å². The molecular weight excluding hydrogens is 252 g/mol. The fourth-order valence-corrected chi connectivity index (χ4v) is 2.18. The Morgan fingerprint density at radius 3 is 3.11 bits per heavy atom. The normalized spacial score (nSPS) is 10.3. The minimum Gasteiger partial charge on any atom is -0.464 e. The Morgan fingerprint density at radius 1 is 1.61 bits per heavy atom. The Balaban J connectivity index is 1.85. The minimum absolute atomic E-state index is 0.335. The van der Waals surface area contributed by atoms with Crippen molar-refractivity contribution >= 4 is 22.4 Å². The summed E-state index contributed by atoms with van der Waals surface area (Å²) in [4.78, 5) is 19.6. The number of nitrogens with zero attached hydrogens (tertiary/aromatic N) is 3. The maximum atomic E-state index is 11.2. The molecule has 7 heteroatoms. The largest absolute Gasteiger partial charge is 0.464 e. The van der Waals surface area contributed by atoms with Crippen LogP contribution in [0.25, 0.3) is 0 Å². The van der Waals surface area contributed by atoms with Crippen molar-refractivity contribution in [2.75, 3.05) is 19.0 Å². The van der Waals surface area contributed by atoms with Crippen LogP contribution in [0.5, 0.6) is 0 Å². The van der Waals surface area contributed by atoms with Gasteiger partial charge >= 0.3 is 5.97 Å². The molecule has 0 aromatic carbocycles. The van der Waals surface area contributed by atoms with Gasteiger partial charge < -0.3 is 14.6 Å². The first kappa shape index (κ1) is 12.6. The van der Waals surface area contributed by atoms with Gasteiger partial charge in [-0.05, 0) is 0 Å². The lowest BCUT2D eigenvalue weighted by Gasteiger charge is -2.02. The van der Waals surface area contributed by atoms with Crippen molar-refractivity contribution in [1.29, 1.82) is 0 Å². The number of methoxy groups -OCH3 is 1. The molecule has 0 aliphatic heterocycles. The number of rotatable bonds is 5. The number of aryl methyl sites for hydroxylation is 1. The second-order valence-corrected chi connectivity index (χ2v) is 4.52. The highest BCUT2D eigenvalue weighted by Gasteiger charge is 2.10. The third-order valence-corrected chi connectivity index (χ3v) is 3.24. The van der Waals surface area contributed by atoms with Gasteiger partial charge in [0.15, 0.2) is 10.8 Å². The standard InChI is InChI=1S/C11H14N4O2S/c1-15-6-5-12-9(15)3-4-13-11-14-8(7-18-11)10(16)17-2/h5-7H,3-4H2,1-2H3,(H,13,14). The van der Waals surface area contributed by atoms with Gasteiger partial charge in [-0.1, -0.05) is 0 Å². The molecule has 6 nitrogen and oxygen atoms in total. The fourth-order valence-electron chi connectivity index (χ4n) is 1.47. The summed E-state index contributed by atoms with van der Waals surface area (Å²) in [6.45, 7) is 0.721. The van der Waals surface area contributed by atoms with E-state index in [-0.39, 0.29) is 0 Å². The van der Waals surface area contributed by atoms with Crippen LogP contribution in [-0.2, 0) is 18.2 Å². The van der Waals surface area contributed by atoms with Crippen molar-refractivity contribution in [2.24, 2.45) is 7.05 Å². The van der Waals surface area contributed by atoms with Gasteiger partial charge in [0.2, 0.25) is 0 Å². The van der Waals surface area contributed by atoms with E-state index in [9.17, 15) is 4.79 Å². The average Bonchev–Trinajstić information content (AvgIpc) is 2.99. The molecule has 0 amide bonds. The molecule has 2 heterocycles. The third kappa shape index (κ3) is 2.86. The molecule has 0 radical (unpaired) electrons. The Labute approximate surface area is 109 Å². The second-order valence-electron chi connectivity index (χ2n) is 3.66. The number of esters is 1. The molecule has 18 heavy (non-hydrogen) atoms. The van der Waals surface area contributed by atoms with Gasteiger partial charge in [0.25, 0.3) is 0 Å². The van der Waals surface area contributed by atoms with Gasteiger partial charge in [0.05, 0.1) is 7.11 Å². The first-order valence-corrected chi connectivity index (χ1v) is 6.32. The topological polar surface area (TPSA) is 69.0 Å². The molecule has 0 saturated heterocycles. The fraction of sp³-hybridized carbons (Fsp3) is 0.364. The molecule has 2 aromatic rings. The number of aromatic nitrogens is 3. The Hall–Kier alpha value is -1.89. The third-order valence-electron chi connectivity index (χ3n) is 2.44. The number of thiazole rings is 1. The summed E-state index contributed by atoms with van der Waals surface area (Å²) in [5.74, 6) is 0.593. The molecule has 96 valence electrons. The Kier molecular flexibility index (Phi) is 3.93. The van der Waals surface area contributed by atoms with Gasteiger partial charge in [-0.2, -0.15) is 0 Å². The smallest absolute Gasteiger partial charge is 0.357 e. The summed E-state index contributed by atoms with van der Waals surface area (Å²) < 4.78 is 6.57. The van der Waals surface area contributed by atoms with Crippen LogP contribution in [0.4, 0.5) is 5.13 Å². The van der Waals surface area contributed by atoms with Crippen molar-refractivity contribution in [2.45, 2.75) is 6.42 Å². The highest BCUT2D eigenvalue weighted by molar-refractivity contribution is 7.13. The van der Waals surface area contributed by atoms with Gasteiger partial charge in [-0.15, -0.1) is 11.3 Å². The van der Waals surface area contributed by atoms with Crippen LogP contribution >= 0.6 is 11.3 Å². The number of anilines is 1. The minimum atomic E-state index is -0.414. The van der Waals surface area contributed by atoms with Crippen LogP contribution in [0.2, 0.25) is 0 Å². The summed E-state index contributed by atoms with van der Waals surface area (Å²) in [5, 5.41) is 5.54. The number of nitrogens with one attached hydrogen (secondary N) is 1. The first-order chi connectivity index (χ1) is 8.70. The number of carbonyl (C=O) groups excluding carboxylic acids is 1. The van der Waals surface area contributed by atoms with Gasteiger partial charge in [-0.3, -0.25) is 0 Å². The number of carbonyl (C=O) groups is 1. The maximum Gasteiger partial charge on any atom is 0.357 e. The number of ether oxygens (including phenoxy) is 1. The monoisotopic (exact) mass is 266 g/mol. The van der Waals surface area contributed by atoms with E-state index < -0.39 is 5.97 Å². The lowest BCUT2D eigenvalue weighted by atomic mass is 10.4. The zero-order chi connectivity index (χ0) is 13.0. The highest BCUT2D eigenvalue weighted by Crippen LogP contribution is 2.15. The number of hydrogen-bond acceptors (Lipinski definition) is 6. The SMILES string of the molecule is COC(=O)c1csc(NCCc2nccn2C)n1. The molecule has 0 aliphatic rings. The Morgan fingerprint density at radius 2 is 2.44 bits per heavy atom. The van der Waals surface area contributed by atoms with Gasteiger partial charge in [0, 0.05) is 37.8 Å². The summed E-state index contributed by atoms with van der Waals surface area (Å²) in [6.07, 6.45) is 4.48. The van der Waals surface area contributed by atoms with E-state index in [1.165, 1.54) is 18.4 Å². The van der Waals surface area contributed by atoms with Gasteiger partial charge in [-0.25, -0.2) is 14.8 Å². The zero-order valence-electron chi connectivity index (χ0n) is 10.2. The van der Waals surface area contributed by atoms with E-state index in [1.807, 2.05) is 17.8 Å². The van der Waals surface area contributed by atoms with Crippen LogP contribution in [0.3, 0.4) is 0 Å². The van der Waals surface area contributed by atoms with Crippen LogP contribution in [0.1, 0.15) is 16.3 Å². The van der Waals surface area contributed by atoms with Crippen LogP contribution in [-0.4, -0.2) is 34.2 Å². The lowest BCUT2D eigenvalue weighted by molar-refractivity contribution is 0.0595. The predicted octanol–water partition coefficient (Wildman–Crippen LogP) is 1.32. The molecule has 0 fully saturated rings. The molecule has 0 unspecified atom stereocenters. The second kappa shape index (κ2) is 5.63. The van der Waals surface area contributed by atoms with Crippen molar-refractivity contribution in [3.05, 3.63) is 29.3 Å². The van der Waals surface area contributed by atoms with E-state index in [4.69, 9.17) is 0 Å². The molecule has 1 N–H and O–H groups in total. The van der Waals surface area contributed by atoms with E-state index in [0.717, 1.165) is 18.8 Å². The molecule has 0 spiro atoms. The number of hydrogen-bond donors (Lipinski definition) is 1. The molecule has 0 bridgehead atoms. The predicted molar refractivity (Wildman–Crippen MR) is 68.9 cm³/mol. The molecule has 0 aliphatic carbocycles.